The number of rotatable bonds is 2. The summed E-state index contributed by atoms with van der Waals surface area (Å²) in [7, 11) is 0. The highest BCUT2D eigenvalue weighted by Gasteiger charge is 2.04. The largest absolute Gasteiger partial charge is 0.321 e. The number of para-hydroxylation sites is 1. The van der Waals surface area contributed by atoms with Crippen LogP contribution in [0.15, 0.2) is 18.2 Å². The lowest BCUT2D eigenvalue weighted by Crippen LogP contribution is -2.10. The average molecular weight is 175 g/mol. The zero-order chi connectivity index (χ0) is 8.27. The second kappa shape index (κ2) is 3.55. The molecule has 0 aliphatic heterocycles. The van der Waals surface area contributed by atoms with Gasteiger partial charge in [0.2, 0.25) is 0 Å². The molecule has 0 saturated heterocycles. The van der Waals surface area contributed by atoms with Crippen LogP contribution in [0, 0.1) is 5.82 Å². The van der Waals surface area contributed by atoms with Gasteiger partial charge in [-0.1, -0.05) is 12.1 Å². The summed E-state index contributed by atoms with van der Waals surface area (Å²) in [5.74, 6) is 4.94. The first kappa shape index (κ1) is 8.30. The fourth-order valence-electron chi connectivity index (χ4n) is 0.842. The Labute approximate surface area is 69.1 Å². The maximum atomic E-state index is 12.8. The summed E-state index contributed by atoms with van der Waals surface area (Å²) in [5, 5.41) is 0. The smallest absolute Gasteiger partial charge is 0.147 e. The fourth-order valence-corrected chi connectivity index (χ4v) is 1.06. The molecule has 1 rings (SSSR count). The van der Waals surface area contributed by atoms with Gasteiger partial charge in [0.25, 0.3) is 0 Å². The number of hydrogen-bond donors (Lipinski definition) is 2. The maximum Gasteiger partial charge on any atom is 0.147 e. The second-order valence-corrected chi connectivity index (χ2v) is 2.32. The molecule has 1 aromatic rings. The molecule has 0 unspecified atom stereocenters. The van der Waals surface area contributed by atoms with Gasteiger partial charge in [-0.3, -0.25) is 5.84 Å². The molecular formula is C7H8ClFN2. The third kappa shape index (κ3) is 1.61. The quantitative estimate of drug-likeness (QED) is 0.408. The number of nitrogens with two attached hydrogens (primary N) is 1. The molecule has 60 valence electrons. The first-order valence-electron chi connectivity index (χ1n) is 3.09. The summed E-state index contributed by atoms with van der Waals surface area (Å²) in [6, 6.07) is 4.63. The fraction of sp³-hybridized carbons (Fsp3) is 0.143. The van der Waals surface area contributed by atoms with Gasteiger partial charge in [0.1, 0.15) is 5.82 Å². The molecule has 0 bridgehead atoms. The topological polar surface area (TPSA) is 38.0 Å². The Morgan fingerprint density at radius 2 is 2.27 bits per heavy atom. The predicted molar refractivity (Wildman–Crippen MR) is 43.8 cm³/mol. The van der Waals surface area contributed by atoms with Crippen LogP contribution < -0.4 is 11.3 Å². The SMILES string of the molecule is NNc1c(F)cccc1CCl. The first-order chi connectivity index (χ1) is 5.29. The summed E-state index contributed by atoms with van der Waals surface area (Å²) in [5.41, 5.74) is 3.18. The Bertz CT molecular complexity index is 252. The number of alkyl halides is 1. The number of halogens is 2. The predicted octanol–water partition coefficient (Wildman–Crippen LogP) is 1.85. The number of nitrogen functional groups attached to an aromatic ring is 1. The molecule has 0 aliphatic rings. The third-order valence-electron chi connectivity index (χ3n) is 1.39. The Kier molecular flexibility index (Phi) is 2.68. The van der Waals surface area contributed by atoms with E-state index in [1.165, 1.54) is 6.07 Å². The van der Waals surface area contributed by atoms with Crippen molar-refractivity contribution < 1.29 is 4.39 Å². The van der Waals surface area contributed by atoms with Crippen molar-refractivity contribution in [2.75, 3.05) is 5.43 Å². The molecule has 0 saturated carbocycles. The van der Waals surface area contributed by atoms with Crippen LogP contribution in [-0.2, 0) is 5.88 Å². The normalized spacial score (nSPS) is 9.73. The van der Waals surface area contributed by atoms with E-state index in [2.05, 4.69) is 5.43 Å². The van der Waals surface area contributed by atoms with Gasteiger partial charge in [-0.15, -0.1) is 11.6 Å². The Hall–Kier alpha value is -0.800. The number of nitrogens with one attached hydrogen (secondary N) is 1. The van der Waals surface area contributed by atoms with Crippen molar-refractivity contribution in [1.82, 2.24) is 0 Å². The molecule has 4 heteroatoms. The number of anilines is 1. The minimum atomic E-state index is -0.384. The van der Waals surface area contributed by atoms with E-state index in [1.807, 2.05) is 0 Å². The molecule has 0 spiro atoms. The van der Waals surface area contributed by atoms with Crippen molar-refractivity contribution in [3.05, 3.63) is 29.6 Å². The molecule has 3 N–H and O–H groups in total. The first-order valence-corrected chi connectivity index (χ1v) is 3.63. The average Bonchev–Trinajstić information content (AvgIpc) is 2.04. The zero-order valence-corrected chi connectivity index (χ0v) is 6.53. The Balaban J connectivity index is 3.13. The van der Waals surface area contributed by atoms with E-state index in [0.29, 0.717) is 5.56 Å². The van der Waals surface area contributed by atoms with Crippen LogP contribution >= 0.6 is 11.6 Å². The molecule has 1 aromatic carbocycles. The van der Waals surface area contributed by atoms with Crippen molar-refractivity contribution in [2.24, 2.45) is 5.84 Å². The van der Waals surface area contributed by atoms with Crippen molar-refractivity contribution in [2.45, 2.75) is 5.88 Å². The number of benzene rings is 1. The van der Waals surface area contributed by atoms with Crippen LogP contribution in [0.5, 0.6) is 0 Å². The summed E-state index contributed by atoms with van der Waals surface area (Å²) in [4.78, 5) is 0. The summed E-state index contributed by atoms with van der Waals surface area (Å²) < 4.78 is 12.8. The molecule has 0 aliphatic carbocycles. The summed E-state index contributed by atoms with van der Waals surface area (Å²) in [6.07, 6.45) is 0. The molecule has 0 radical (unpaired) electrons. The van der Waals surface area contributed by atoms with Crippen molar-refractivity contribution >= 4 is 17.3 Å². The number of hydrogen-bond acceptors (Lipinski definition) is 2. The lowest BCUT2D eigenvalue weighted by atomic mass is 10.2. The summed E-state index contributed by atoms with van der Waals surface area (Å²) in [6.45, 7) is 0. The van der Waals surface area contributed by atoms with E-state index in [1.54, 1.807) is 12.1 Å². The van der Waals surface area contributed by atoms with Crippen LogP contribution in [0.1, 0.15) is 5.56 Å². The standard InChI is InChI=1S/C7H8ClFN2/c8-4-5-2-1-3-6(9)7(5)11-10/h1-3,11H,4,10H2. The van der Waals surface area contributed by atoms with E-state index < -0.39 is 0 Å². The highest BCUT2D eigenvalue weighted by Crippen LogP contribution is 2.19. The van der Waals surface area contributed by atoms with E-state index in [4.69, 9.17) is 17.4 Å². The van der Waals surface area contributed by atoms with Gasteiger partial charge in [-0.05, 0) is 11.6 Å². The van der Waals surface area contributed by atoms with Gasteiger partial charge in [0.05, 0.1) is 5.69 Å². The van der Waals surface area contributed by atoms with E-state index in [0.717, 1.165) is 0 Å². The molecule has 0 amide bonds. The second-order valence-electron chi connectivity index (χ2n) is 2.05. The van der Waals surface area contributed by atoms with E-state index >= 15 is 0 Å². The Morgan fingerprint density at radius 1 is 1.55 bits per heavy atom. The monoisotopic (exact) mass is 174 g/mol. The van der Waals surface area contributed by atoms with Crippen molar-refractivity contribution in [3.8, 4) is 0 Å². The van der Waals surface area contributed by atoms with Gasteiger partial charge in [0, 0.05) is 5.88 Å². The van der Waals surface area contributed by atoms with Crippen LogP contribution in [-0.4, -0.2) is 0 Å². The van der Waals surface area contributed by atoms with Crippen molar-refractivity contribution in [3.63, 3.8) is 0 Å². The third-order valence-corrected chi connectivity index (χ3v) is 1.68. The van der Waals surface area contributed by atoms with Crippen molar-refractivity contribution in [1.29, 1.82) is 0 Å². The van der Waals surface area contributed by atoms with Gasteiger partial charge in [-0.2, -0.15) is 0 Å². The maximum absolute atomic E-state index is 12.8. The molecule has 2 nitrogen and oxygen atoms in total. The van der Waals surface area contributed by atoms with Crippen LogP contribution in [0.25, 0.3) is 0 Å². The zero-order valence-electron chi connectivity index (χ0n) is 5.77. The minimum absolute atomic E-state index is 0.247. The number of hydrazine groups is 1. The van der Waals surface area contributed by atoms with Gasteiger partial charge >= 0.3 is 0 Å². The van der Waals surface area contributed by atoms with Crippen LogP contribution in [0.2, 0.25) is 0 Å². The molecule has 0 fully saturated rings. The molecule has 0 atom stereocenters. The Morgan fingerprint density at radius 3 is 2.73 bits per heavy atom. The van der Waals surface area contributed by atoms with Gasteiger partial charge in [-0.25, -0.2) is 4.39 Å². The molecule has 11 heavy (non-hydrogen) atoms. The van der Waals surface area contributed by atoms with Crippen LogP contribution in [0.3, 0.4) is 0 Å². The highest BCUT2D eigenvalue weighted by molar-refractivity contribution is 6.17. The molecule has 0 aromatic heterocycles. The minimum Gasteiger partial charge on any atom is -0.321 e. The van der Waals surface area contributed by atoms with Crippen LogP contribution in [0.4, 0.5) is 10.1 Å². The van der Waals surface area contributed by atoms with E-state index in [9.17, 15) is 4.39 Å². The molecule has 0 heterocycles. The highest BCUT2D eigenvalue weighted by atomic mass is 35.5. The lowest BCUT2D eigenvalue weighted by Gasteiger charge is -2.05. The molecular weight excluding hydrogens is 167 g/mol. The van der Waals surface area contributed by atoms with Gasteiger partial charge < -0.3 is 5.43 Å². The summed E-state index contributed by atoms with van der Waals surface area (Å²) >= 11 is 5.52. The van der Waals surface area contributed by atoms with E-state index in [-0.39, 0.29) is 17.4 Å². The lowest BCUT2D eigenvalue weighted by molar-refractivity contribution is 0.629. The van der Waals surface area contributed by atoms with Gasteiger partial charge in [0.15, 0.2) is 0 Å².